The van der Waals surface area contributed by atoms with Crippen LogP contribution in [0.2, 0.25) is 0 Å². The molecule has 0 saturated carbocycles. The Morgan fingerprint density at radius 1 is 0.714 bits per heavy atom. The molecule has 0 aromatic carbocycles. The maximum atomic E-state index is 12.9. The number of ether oxygens (including phenoxy) is 5. The number of rotatable bonds is 24. The van der Waals surface area contributed by atoms with Crippen molar-refractivity contribution in [3.63, 3.8) is 0 Å². The number of nitrogens with zero attached hydrogens (tertiary/aromatic N) is 2. The van der Waals surface area contributed by atoms with Crippen molar-refractivity contribution < 1.29 is 56.5 Å². The fourth-order valence-electron chi connectivity index (χ4n) is 5.38. The van der Waals surface area contributed by atoms with Crippen molar-refractivity contribution in [3.8, 4) is 0 Å². The molecule has 274 valence electrons. The molecule has 14 nitrogen and oxygen atoms in total. The van der Waals surface area contributed by atoms with Gasteiger partial charge in [-0.3, -0.25) is 24.0 Å². The molecule has 5 unspecified atom stereocenters. The lowest BCUT2D eigenvalue weighted by atomic mass is 10.0. The first kappa shape index (κ1) is 40.9. The second-order valence-corrected chi connectivity index (χ2v) is 12.0. The normalized spacial score (nSPS) is 14.2. The Kier molecular flexibility index (Phi) is 18.7. The van der Waals surface area contributed by atoms with Gasteiger partial charge in [0.15, 0.2) is 24.4 Å². The average molecular weight is 693 g/mol. The van der Waals surface area contributed by atoms with E-state index in [4.69, 9.17) is 32.5 Å². The quantitative estimate of drug-likeness (QED) is 0.0635. The molecule has 0 saturated heterocycles. The van der Waals surface area contributed by atoms with Gasteiger partial charge in [0.25, 0.3) is 0 Å². The summed E-state index contributed by atoms with van der Waals surface area (Å²) in [5.41, 5.74) is 0.0787. The Morgan fingerprint density at radius 3 is 1.82 bits per heavy atom. The number of hydrogen-bond donors (Lipinski definition) is 0. The topological polar surface area (TPSA) is 184 Å². The number of carbonyl (C=O) groups excluding carboxylic acids is 5. The highest BCUT2D eigenvalue weighted by atomic mass is 16.6. The van der Waals surface area contributed by atoms with E-state index in [-0.39, 0.29) is 30.2 Å². The third-order valence-corrected chi connectivity index (χ3v) is 7.59. The van der Waals surface area contributed by atoms with Crippen LogP contribution in [0.3, 0.4) is 0 Å². The molecule has 2 rings (SSSR count). The van der Waals surface area contributed by atoms with Crippen LogP contribution in [-0.4, -0.2) is 58.1 Å². The first-order valence-electron chi connectivity index (χ1n) is 17.1. The van der Waals surface area contributed by atoms with E-state index >= 15 is 0 Å². The molecule has 5 atom stereocenters. The summed E-state index contributed by atoms with van der Waals surface area (Å²) in [6, 6.07) is 0. The van der Waals surface area contributed by atoms with Gasteiger partial charge in [0, 0.05) is 40.5 Å². The molecule has 0 aliphatic carbocycles. The van der Waals surface area contributed by atoms with Gasteiger partial charge in [-0.05, 0) is 13.3 Å². The summed E-state index contributed by atoms with van der Waals surface area (Å²) < 4.78 is 38.4. The van der Waals surface area contributed by atoms with E-state index in [9.17, 15) is 24.0 Å². The molecule has 0 bridgehead atoms. The van der Waals surface area contributed by atoms with Crippen LogP contribution in [-0.2, 0) is 47.7 Å². The van der Waals surface area contributed by atoms with Crippen molar-refractivity contribution in [1.82, 2.24) is 9.97 Å². The van der Waals surface area contributed by atoms with Gasteiger partial charge in [-0.2, -0.15) is 0 Å². The molecule has 0 amide bonds. The molecule has 49 heavy (non-hydrogen) atoms. The van der Waals surface area contributed by atoms with Crippen LogP contribution in [0.5, 0.6) is 0 Å². The van der Waals surface area contributed by atoms with Crippen LogP contribution in [0, 0.1) is 0 Å². The van der Waals surface area contributed by atoms with Gasteiger partial charge in [0.2, 0.25) is 12.0 Å². The summed E-state index contributed by atoms with van der Waals surface area (Å²) in [6.45, 7) is 8.33. The minimum Gasteiger partial charge on any atom is -0.459 e. The Hall–Kier alpha value is -4.23. The van der Waals surface area contributed by atoms with Crippen molar-refractivity contribution >= 4 is 29.8 Å². The van der Waals surface area contributed by atoms with Crippen molar-refractivity contribution in [2.75, 3.05) is 0 Å². The summed E-state index contributed by atoms with van der Waals surface area (Å²) in [5, 5.41) is 0. The van der Waals surface area contributed by atoms with Gasteiger partial charge in [-0.1, -0.05) is 71.1 Å². The first-order valence-corrected chi connectivity index (χ1v) is 17.1. The van der Waals surface area contributed by atoms with Crippen molar-refractivity contribution in [2.45, 2.75) is 156 Å². The average Bonchev–Trinajstić information content (AvgIpc) is 3.73. The second kappa shape index (κ2) is 22.4. The molecular weight excluding hydrogens is 640 g/mol. The minimum atomic E-state index is -1.26. The van der Waals surface area contributed by atoms with E-state index in [1.165, 1.54) is 84.6 Å². The highest BCUT2D eigenvalue weighted by molar-refractivity contribution is 5.70. The van der Waals surface area contributed by atoms with Gasteiger partial charge >= 0.3 is 29.8 Å². The van der Waals surface area contributed by atoms with Crippen LogP contribution >= 0.6 is 0 Å². The third kappa shape index (κ3) is 16.1. The van der Waals surface area contributed by atoms with E-state index < -0.39 is 60.4 Å². The summed E-state index contributed by atoms with van der Waals surface area (Å²) in [5.74, 6) is -3.20. The molecule has 0 spiro atoms. The fraction of sp³-hybridized carbons (Fsp3) is 0.686. The van der Waals surface area contributed by atoms with Gasteiger partial charge < -0.3 is 32.5 Å². The Labute approximate surface area is 287 Å². The van der Waals surface area contributed by atoms with Gasteiger partial charge in [0.05, 0.1) is 6.20 Å². The SMILES string of the molecule is CCCCCCCCCCCCCC(=O)OC(c1cnco1)c1nc(C(CC(OC(C)=O)C(OC(C)=O)C(C)OC(C)=O)OC(C)=O)co1. The van der Waals surface area contributed by atoms with Crippen molar-refractivity contribution in [2.24, 2.45) is 0 Å². The Balaban J connectivity index is 2.14. The van der Waals surface area contributed by atoms with Crippen LogP contribution in [0.4, 0.5) is 0 Å². The summed E-state index contributed by atoms with van der Waals surface area (Å²) >= 11 is 0. The van der Waals surface area contributed by atoms with E-state index in [1.54, 1.807) is 0 Å². The molecule has 0 aliphatic heterocycles. The molecule has 14 heteroatoms. The van der Waals surface area contributed by atoms with Crippen LogP contribution in [0.15, 0.2) is 27.7 Å². The summed E-state index contributed by atoms with van der Waals surface area (Å²) in [4.78, 5) is 69.1. The number of carbonyl (C=O) groups is 5. The zero-order valence-electron chi connectivity index (χ0n) is 29.6. The number of esters is 5. The van der Waals surface area contributed by atoms with Crippen molar-refractivity contribution in [1.29, 1.82) is 0 Å². The van der Waals surface area contributed by atoms with Gasteiger partial charge in [-0.25, -0.2) is 9.97 Å². The van der Waals surface area contributed by atoms with E-state index in [0.29, 0.717) is 6.42 Å². The predicted octanol–water partition coefficient (Wildman–Crippen LogP) is 6.81. The first-order chi connectivity index (χ1) is 23.4. The monoisotopic (exact) mass is 692 g/mol. The number of hydrogen-bond acceptors (Lipinski definition) is 14. The molecular formula is C35H52N2O12. The molecule has 0 N–H and O–H groups in total. The third-order valence-electron chi connectivity index (χ3n) is 7.59. The van der Waals surface area contributed by atoms with Crippen LogP contribution in [0.25, 0.3) is 0 Å². The maximum absolute atomic E-state index is 12.9. The van der Waals surface area contributed by atoms with Gasteiger partial charge in [-0.15, -0.1) is 0 Å². The van der Waals surface area contributed by atoms with Crippen LogP contribution < -0.4 is 0 Å². The molecule has 0 aliphatic rings. The Morgan fingerprint density at radius 2 is 1.29 bits per heavy atom. The maximum Gasteiger partial charge on any atom is 0.307 e. The van der Waals surface area contributed by atoms with E-state index in [2.05, 4.69) is 16.9 Å². The Bertz CT molecular complexity index is 1290. The summed E-state index contributed by atoms with van der Waals surface area (Å²) in [6.07, 6.45) is 10.4. The smallest absolute Gasteiger partial charge is 0.307 e. The van der Waals surface area contributed by atoms with E-state index in [0.717, 1.165) is 33.1 Å². The molecule has 2 heterocycles. The molecule has 2 aromatic rings. The van der Waals surface area contributed by atoms with Crippen molar-refractivity contribution in [3.05, 3.63) is 36.2 Å². The second-order valence-electron chi connectivity index (χ2n) is 12.0. The minimum absolute atomic E-state index is 0.0787. The zero-order chi connectivity index (χ0) is 36.2. The molecule has 2 aromatic heterocycles. The van der Waals surface area contributed by atoms with E-state index in [1.807, 2.05) is 0 Å². The zero-order valence-corrected chi connectivity index (χ0v) is 29.6. The standard InChI is InChI=1S/C35H52N2O12/c1-7-8-9-10-11-12-13-14-15-16-17-18-32(42)49-34(31-20-36-22-44-31)35-37-28(21-43-35)29(46-25(4)39)19-30(47-26(5)40)33(48-27(6)41)23(2)45-24(3)38/h20-23,29-30,33-34H,7-19H2,1-6H3. The lowest BCUT2D eigenvalue weighted by Gasteiger charge is -2.31. The highest BCUT2D eigenvalue weighted by Crippen LogP contribution is 2.32. The molecule has 0 fully saturated rings. The fourth-order valence-corrected chi connectivity index (χ4v) is 5.38. The van der Waals surface area contributed by atoms with Gasteiger partial charge in [0.1, 0.15) is 24.2 Å². The lowest BCUT2D eigenvalue weighted by Crippen LogP contribution is -2.44. The summed E-state index contributed by atoms with van der Waals surface area (Å²) in [7, 11) is 0. The highest BCUT2D eigenvalue weighted by Gasteiger charge is 2.38. The van der Waals surface area contributed by atoms with Crippen LogP contribution in [0.1, 0.15) is 155 Å². The number of aromatic nitrogens is 2. The lowest BCUT2D eigenvalue weighted by molar-refractivity contribution is -0.185. The molecule has 0 radical (unpaired) electrons. The number of oxazole rings is 2. The number of unbranched alkanes of at least 4 members (excludes halogenated alkanes) is 10. The largest absolute Gasteiger partial charge is 0.459 e. The predicted molar refractivity (Wildman–Crippen MR) is 173 cm³/mol.